The Balaban J connectivity index is 1.78. The van der Waals surface area contributed by atoms with Crippen molar-refractivity contribution < 1.29 is 14.3 Å². The van der Waals surface area contributed by atoms with Crippen molar-refractivity contribution >= 4 is 29.2 Å². The minimum Gasteiger partial charge on any atom is -0.379 e. The molecule has 3 N–H and O–H groups in total. The Morgan fingerprint density at radius 1 is 1.23 bits per heavy atom. The van der Waals surface area contributed by atoms with Crippen molar-refractivity contribution in [3.63, 3.8) is 0 Å². The number of urea groups is 1. The molecule has 0 unspecified atom stereocenters. The van der Waals surface area contributed by atoms with Crippen LogP contribution in [0.1, 0.15) is 24.2 Å². The number of anilines is 1. The zero-order chi connectivity index (χ0) is 18.9. The molecular weight excluding hydrogens is 356 g/mol. The topological polar surface area (TPSA) is 82.7 Å². The molecule has 1 heterocycles. The summed E-state index contributed by atoms with van der Waals surface area (Å²) in [4.78, 5) is 26.3. The Labute approximate surface area is 159 Å². The van der Waals surface area contributed by atoms with Crippen molar-refractivity contribution in [1.29, 1.82) is 0 Å². The van der Waals surface area contributed by atoms with Crippen LogP contribution < -0.4 is 16.0 Å². The molecule has 0 bridgehead atoms. The van der Waals surface area contributed by atoms with Gasteiger partial charge in [-0.25, -0.2) is 4.79 Å². The Morgan fingerprint density at radius 3 is 2.62 bits per heavy atom. The van der Waals surface area contributed by atoms with Crippen LogP contribution >= 0.6 is 11.6 Å². The first kappa shape index (κ1) is 20.5. The van der Waals surface area contributed by atoms with E-state index in [1.165, 1.54) is 0 Å². The third kappa shape index (κ3) is 6.82. The maximum absolute atomic E-state index is 12.1. The van der Waals surface area contributed by atoms with Crippen molar-refractivity contribution in [2.24, 2.45) is 5.92 Å². The van der Waals surface area contributed by atoms with Crippen LogP contribution in [0.2, 0.25) is 5.02 Å². The molecule has 0 aliphatic carbocycles. The van der Waals surface area contributed by atoms with Crippen LogP contribution in [0, 0.1) is 5.92 Å². The van der Waals surface area contributed by atoms with Gasteiger partial charge in [-0.2, -0.15) is 0 Å². The molecule has 0 aromatic heterocycles. The van der Waals surface area contributed by atoms with Gasteiger partial charge in [0, 0.05) is 38.4 Å². The normalized spacial score (nSPS) is 14.9. The molecule has 3 amide bonds. The number of hydrogen-bond acceptors (Lipinski definition) is 4. The van der Waals surface area contributed by atoms with Gasteiger partial charge < -0.3 is 20.7 Å². The summed E-state index contributed by atoms with van der Waals surface area (Å²) in [6, 6.07) is 4.55. The second kappa shape index (κ2) is 10.4. The van der Waals surface area contributed by atoms with Gasteiger partial charge in [0.2, 0.25) is 0 Å². The standard InChI is InChI=1S/C18H27ClN4O3/c1-13(2)12-21-17(24)15-4-3-14(11-16(15)19)22-18(25)20-5-6-23-7-9-26-10-8-23/h3-4,11,13H,5-10,12H2,1-2H3,(H,21,24)(H2,20,22,25). The molecule has 0 saturated carbocycles. The lowest BCUT2D eigenvalue weighted by Gasteiger charge is -2.26. The van der Waals surface area contributed by atoms with Crippen molar-refractivity contribution in [2.75, 3.05) is 51.3 Å². The first-order chi connectivity index (χ1) is 12.5. The molecule has 0 radical (unpaired) electrons. The molecule has 1 aromatic carbocycles. The smallest absolute Gasteiger partial charge is 0.319 e. The lowest BCUT2D eigenvalue weighted by molar-refractivity contribution is 0.0388. The molecule has 1 fully saturated rings. The lowest BCUT2D eigenvalue weighted by atomic mass is 10.1. The first-order valence-electron chi connectivity index (χ1n) is 8.88. The van der Waals surface area contributed by atoms with E-state index in [0.29, 0.717) is 35.3 Å². The molecule has 0 atom stereocenters. The molecule has 26 heavy (non-hydrogen) atoms. The van der Waals surface area contributed by atoms with E-state index in [9.17, 15) is 9.59 Å². The number of nitrogens with zero attached hydrogens (tertiary/aromatic N) is 1. The Kier molecular flexibility index (Phi) is 8.15. The number of halogens is 1. The highest BCUT2D eigenvalue weighted by molar-refractivity contribution is 6.34. The first-order valence-corrected chi connectivity index (χ1v) is 9.26. The lowest BCUT2D eigenvalue weighted by Crippen LogP contribution is -2.42. The molecule has 2 rings (SSSR count). The minimum absolute atomic E-state index is 0.217. The molecule has 7 nitrogen and oxygen atoms in total. The van der Waals surface area contributed by atoms with Crippen LogP contribution in [0.3, 0.4) is 0 Å². The van der Waals surface area contributed by atoms with E-state index < -0.39 is 0 Å². The van der Waals surface area contributed by atoms with Crippen LogP contribution in [0.15, 0.2) is 18.2 Å². The van der Waals surface area contributed by atoms with Gasteiger partial charge in [-0.15, -0.1) is 0 Å². The fourth-order valence-electron chi connectivity index (χ4n) is 2.50. The number of rotatable bonds is 7. The van der Waals surface area contributed by atoms with Gasteiger partial charge in [-0.05, 0) is 24.1 Å². The summed E-state index contributed by atoms with van der Waals surface area (Å²) in [5, 5.41) is 8.67. The highest BCUT2D eigenvalue weighted by atomic mass is 35.5. The molecule has 1 saturated heterocycles. The minimum atomic E-state index is -0.300. The van der Waals surface area contributed by atoms with E-state index in [0.717, 1.165) is 32.8 Å². The molecule has 1 aromatic rings. The largest absolute Gasteiger partial charge is 0.379 e. The third-order valence-electron chi connectivity index (χ3n) is 3.96. The summed E-state index contributed by atoms with van der Waals surface area (Å²) < 4.78 is 5.29. The van der Waals surface area contributed by atoms with Crippen molar-refractivity contribution in [2.45, 2.75) is 13.8 Å². The van der Waals surface area contributed by atoms with Crippen LogP contribution in [-0.4, -0.2) is 62.8 Å². The molecule has 1 aliphatic rings. The monoisotopic (exact) mass is 382 g/mol. The summed E-state index contributed by atoms with van der Waals surface area (Å²) in [7, 11) is 0. The van der Waals surface area contributed by atoms with Crippen molar-refractivity contribution in [3.05, 3.63) is 28.8 Å². The number of benzene rings is 1. The fourth-order valence-corrected chi connectivity index (χ4v) is 2.76. The number of amides is 3. The number of carbonyl (C=O) groups is 2. The summed E-state index contributed by atoms with van der Waals surface area (Å²) in [5.41, 5.74) is 0.935. The van der Waals surface area contributed by atoms with Gasteiger partial charge in [-0.1, -0.05) is 25.4 Å². The zero-order valence-electron chi connectivity index (χ0n) is 15.3. The predicted octanol–water partition coefficient (Wildman–Crippen LogP) is 2.18. The molecule has 0 spiro atoms. The van der Waals surface area contributed by atoms with Crippen LogP contribution in [0.25, 0.3) is 0 Å². The molecule has 8 heteroatoms. The van der Waals surface area contributed by atoms with Gasteiger partial charge in [0.15, 0.2) is 0 Å². The summed E-state index contributed by atoms with van der Waals surface area (Å²) in [5.74, 6) is 0.144. The second-order valence-electron chi connectivity index (χ2n) is 6.63. The van der Waals surface area contributed by atoms with E-state index in [-0.39, 0.29) is 11.9 Å². The highest BCUT2D eigenvalue weighted by Crippen LogP contribution is 2.21. The van der Waals surface area contributed by atoms with E-state index in [2.05, 4.69) is 20.9 Å². The van der Waals surface area contributed by atoms with E-state index >= 15 is 0 Å². The zero-order valence-corrected chi connectivity index (χ0v) is 16.1. The molecule has 1 aliphatic heterocycles. The maximum atomic E-state index is 12.1. The molecular formula is C18H27ClN4O3. The van der Waals surface area contributed by atoms with Gasteiger partial charge in [0.25, 0.3) is 5.91 Å². The number of nitrogens with one attached hydrogen (secondary N) is 3. The van der Waals surface area contributed by atoms with E-state index in [4.69, 9.17) is 16.3 Å². The average Bonchev–Trinajstić information content (AvgIpc) is 2.60. The van der Waals surface area contributed by atoms with Crippen molar-refractivity contribution in [1.82, 2.24) is 15.5 Å². The summed E-state index contributed by atoms with van der Waals surface area (Å²) in [6.07, 6.45) is 0. The van der Waals surface area contributed by atoms with Crippen LogP contribution in [0.4, 0.5) is 10.5 Å². The highest BCUT2D eigenvalue weighted by Gasteiger charge is 2.13. The number of morpholine rings is 1. The Hall–Kier alpha value is -1.83. The third-order valence-corrected chi connectivity index (χ3v) is 4.27. The quantitative estimate of drug-likeness (QED) is 0.675. The van der Waals surface area contributed by atoms with E-state index in [1.54, 1.807) is 18.2 Å². The van der Waals surface area contributed by atoms with Crippen molar-refractivity contribution in [3.8, 4) is 0 Å². The van der Waals surface area contributed by atoms with Gasteiger partial charge in [0.05, 0.1) is 23.8 Å². The Morgan fingerprint density at radius 2 is 1.96 bits per heavy atom. The second-order valence-corrected chi connectivity index (χ2v) is 7.04. The maximum Gasteiger partial charge on any atom is 0.319 e. The number of ether oxygens (including phenoxy) is 1. The van der Waals surface area contributed by atoms with Gasteiger partial charge >= 0.3 is 6.03 Å². The number of hydrogen-bond donors (Lipinski definition) is 3. The molecule has 144 valence electrons. The van der Waals surface area contributed by atoms with Gasteiger partial charge in [0.1, 0.15) is 0 Å². The summed E-state index contributed by atoms with van der Waals surface area (Å²) in [6.45, 7) is 9.21. The van der Waals surface area contributed by atoms with Crippen LogP contribution in [0.5, 0.6) is 0 Å². The summed E-state index contributed by atoms with van der Waals surface area (Å²) >= 11 is 6.18. The van der Waals surface area contributed by atoms with E-state index in [1.807, 2.05) is 13.8 Å². The van der Waals surface area contributed by atoms with Gasteiger partial charge in [-0.3, -0.25) is 9.69 Å². The fraction of sp³-hybridized carbons (Fsp3) is 0.556. The van der Waals surface area contributed by atoms with Crippen LogP contribution in [-0.2, 0) is 4.74 Å². The predicted molar refractivity (Wildman–Crippen MR) is 103 cm³/mol. The average molecular weight is 383 g/mol. The SMILES string of the molecule is CC(C)CNC(=O)c1ccc(NC(=O)NCCN2CCOCC2)cc1Cl. The number of carbonyl (C=O) groups excluding carboxylic acids is 2. The Bertz CT molecular complexity index is 618.